The number of aromatic nitrogens is 3. The van der Waals surface area contributed by atoms with E-state index in [0.29, 0.717) is 21.6 Å². The van der Waals surface area contributed by atoms with E-state index < -0.39 is 0 Å². The molecule has 0 saturated heterocycles. The number of fused-ring (bicyclic) bond motifs is 2. The minimum atomic E-state index is -0.174. The highest BCUT2D eigenvalue weighted by atomic mass is 32.1. The Morgan fingerprint density at radius 1 is 1.18 bits per heavy atom. The Morgan fingerprint density at radius 3 is 2.75 bits per heavy atom. The van der Waals surface area contributed by atoms with Crippen molar-refractivity contribution < 1.29 is 4.79 Å². The number of hydrogen-bond acceptors (Lipinski definition) is 5. The van der Waals surface area contributed by atoms with Gasteiger partial charge in [-0.3, -0.25) is 14.6 Å². The van der Waals surface area contributed by atoms with Crippen LogP contribution in [0.4, 0.5) is 0 Å². The van der Waals surface area contributed by atoms with Gasteiger partial charge in [0.15, 0.2) is 0 Å². The minimum Gasteiger partial charge on any atom is -0.334 e. The van der Waals surface area contributed by atoms with Gasteiger partial charge in [-0.2, -0.15) is 0 Å². The molecule has 3 aromatic heterocycles. The Balaban J connectivity index is 1.71. The molecule has 0 aliphatic rings. The molecule has 0 radical (unpaired) electrons. The molecule has 7 heteroatoms. The second kappa shape index (κ2) is 7.16. The van der Waals surface area contributed by atoms with E-state index in [1.165, 1.54) is 11.3 Å². The van der Waals surface area contributed by atoms with E-state index in [-0.39, 0.29) is 23.9 Å². The second-order valence-corrected chi connectivity index (χ2v) is 7.99. The fourth-order valence-electron chi connectivity index (χ4n) is 3.17. The topological polar surface area (TPSA) is 79.0 Å². The lowest BCUT2D eigenvalue weighted by Crippen LogP contribution is -2.28. The van der Waals surface area contributed by atoms with Crippen molar-refractivity contribution in [1.82, 2.24) is 19.9 Å². The molecule has 0 unspecified atom stereocenters. The Kier molecular flexibility index (Phi) is 4.68. The van der Waals surface area contributed by atoms with Crippen LogP contribution in [0.1, 0.15) is 41.6 Å². The molecule has 0 spiro atoms. The summed E-state index contributed by atoms with van der Waals surface area (Å²) in [5, 5.41) is 2.65. The molecule has 3 heterocycles. The number of benzene rings is 1. The zero-order valence-corrected chi connectivity index (χ0v) is 16.7. The van der Waals surface area contributed by atoms with Gasteiger partial charge in [0, 0.05) is 18.1 Å². The summed E-state index contributed by atoms with van der Waals surface area (Å²) in [6, 6.07) is 11.3. The van der Waals surface area contributed by atoms with Crippen molar-refractivity contribution in [2.45, 2.75) is 26.3 Å². The number of para-hydroxylation sites is 1. The van der Waals surface area contributed by atoms with Crippen LogP contribution >= 0.6 is 11.3 Å². The SMILES string of the molecule is CC(C)c1cc(C(=O)N(C)Cc2nc3ccsc3c(=O)[nH]2)c2ccccc2n1. The molecule has 4 rings (SSSR count). The first-order chi connectivity index (χ1) is 13.4. The fourth-order valence-corrected chi connectivity index (χ4v) is 3.89. The molecule has 142 valence electrons. The number of carbonyl (C=O) groups is 1. The monoisotopic (exact) mass is 392 g/mol. The van der Waals surface area contributed by atoms with Crippen LogP contribution in [-0.2, 0) is 6.54 Å². The van der Waals surface area contributed by atoms with Crippen molar-refractivity contribution in [2.24, 2.45) is 0 Å². The third-order valence-corrected chi connectivity index (χ3v) is 5.56. The van der Waals surface area contributed by atoms with Crippen molar-refractivity contribution in [3.05, 3.63) is 69.2 Å². The van der Waals surface area contributed by atoms with Gasteiger partial charge in [-0.15, -0.1) is 11.3 Å². The number of amides is 1. The standard InChI is InChI=1S/C21H20N4O2S/c1-12(2)17-10-14(13-6-4-5-7-15(13)22-17)21(27)25(3)11-18-23-16-8-9-28-19(16)20(26)24-18/h4-10,12H,11H2,1-3H3,(H,23,24,26). The Hall–Kier alpha value is -3.06. The molecule has 1 aromatic carbocycles. The van der Waals surface area contributed by atoms with Gasteiger partial charge in [0.2, 0.25) is 0 Å². The van der Waals surface area contributed by atoms with E-state index in [1.54, 1.807) is 11.9 Å². The minimum absolute atomic E-state index is 0.131. The molecule has 0 fully saturated rings. The van der Waals surface area contributed by atoms with Crippen LogP contribution in [0.25, 0.3) is 21.1 Å². The van der Waals surface area contributed by atoms with E-state index in [9.17, 15) is 9.59 Å². The number of hydrogen-bond donors (Lipinski definition) is 1. The van der Waals surface area contributed by atoms with Gasteiger partial charge in [-0.05, 0) is 29.5 Å². The predicted octanol–water partition coefficient (Wildman–Crippen LogP) is 3.93. The number of rotatable bonds is 4. The first-order valence-corrected chi connectivity index (χ1v) is 9.93. The van der Waals surface area contributed by atoms with Crippen molar-refractivity contribution in [3.63, 3.8) is 0 Å². The molecule has 0 aliphatic heterocycles. The smallest absolute Gasteiger partial charge is 0.268 e. The average Bonchev–Trinajstić information content (AvgIpc) is 3.15. The van der Waals surface area contributed by atoms with Crippen molar-refractivity contribution in [1.29, 1.82) is 0 Å². The van der Waals surface area contributed by atoms with Crippen LogP contribution in [0.15, 0.2) is 46.6 Å². The molecule has 6 nitrogen and oxygen atoms in total. The third-order valence-electron chi connectivity index (χ3n) is 4.66. The maximum Gasteiger partial charge on any atom is 0.268 e. The van der Waals surface area contributed by atoms with Crippen molar-refractivity contribution in [2.75, 3.05) is 7.05 Å². The van der Waals surface area contributed by atoms with E-state index in [1.807, 2.05) is 41.8 Å². The molecule has 0 saturated carbocycles. The second-order valence-electron chi connectivity index (χ2n) is 7.08. The van der Waals surface area contributed by atoms with Gasteiger partial charge in [-0.25, -0.2) is 4.98 Å². The lowest BCUT2D eigenvalue weighted by atomic mass is 10.0. The van der Waals surface area contributed by atoms with Crippen LogP contribution in [0.3, 0.4) is 0 Å². The molecule has 0 aliphatic carbocycles. The van der Waals surface area contributed by atoms with Crippen LogP contribution < -0.4 is 5.56 Å². The van der Waals surface area contributed by atoms with Crippen molar-refractivity contribution in [3.8, 4) is 0 Å². The first kappa shape index (κ1) is 18.3. The maximum absolute atomic E-state index is 13.2. The summed E-state index contributed by atoms with van der Waals surface area (Å²) in [5.74, 6) is 0.545. The summed E-state index contributed by atoms with van der Waals surface area (Å²) >= 11 is 1.36. The van der Waals surface area contributed by atoms with Gasteiger partial charge in [-0.1, -0.05) is 32.0 Å². The van der Waals surface area contributed by atoms with Crippen LogP contribution in [0, 0.1) is 0 Å². The summed E-state index contributed by atoms with van der Waals surface area (Å²) in [4.78, 5) is 38.9. The molecular formula is C21H20N4O2S. The van der Waals surface area contributed by atoms with Crippen LogP contribution in [0.5, 0.6) is 0 Å². The van der Waals surface area contributed by atoms with Gasteiger partial charge in [0.25, 0.3) is 11.5 Å². The number of nitrogens with one attached hydrogen (secondary N) is 1. The van der Waals surface area contributed by atoms with Gasteiger partial charge in [0.1, 0.15) is 10.5 Å². The highest BCUT2D eigenvalue weighted by Crippen LogP contribution is 2.24. The highest BCUT2D eigenvalue weighted by Gasteiger charge is 2.19. The number of pyridine rings is 1. The maximum atomic E-state index is 13.2. The average molecular weight is 392 g/mol. The molecule has 4 aromatic rings. The zero-order chi connectivity index (χ0) is 19.8. The first-order valence-electron chi connectivity index (χ1n) is 9.05. The van der Waals surface area contributed by atoms with Gasteiger partial charge < -0.3 is 9.88 Å². The Morgan fingerprint density at radius 2 is 1.96 bits per heavy atom. The fraction of sp³-hybridized carbons (Fsp3) is 0.238. The zero-order valence-electron chi connectivity index (χ0n) is 15.9. The molecule has 28 heavy (non-hydrogen) atoms. The summed E-state index contributed by atoms with van der Waals surface area (Å²) in [6.07, 6.45) is 0. The lowest BCUT2D eigenvalue weighted by molar-refractivity contribution is 0.0783. The van der Waals surface area contributed by atoms with E-state index in [4.69, 9.17) is 0 Å². The summed E-state index contributed by atoms with van der Waals surface area (Å²) < 4.78 is 0.597. The molecular weight excluding hydrogens is 372 g/mol. The van der Waals surface area contributed by atoms with E-state index in [0.717, 1.165) is 16.6 Å². The normalized spacial score (nSPS) is 11.4. The number of H-pyrrole nitrogens is 1. The quantitative estimate of drug-likeness (QED) is 0.571. The molecule has 1 amide bonds. The summed E-state index contributed by atoms with van der Waals surface area (Å²) in [6.45, 7) is 4.33. The third kappa shape index (κ3) is 3.29. The number of thiophene rings is 1. The lowest BCUT2D eigenvalue weighted by Gasteiger charge is -2.19. The van der Waals surface area contributed by atoms with Gasteiger partial charge in [0.05, 0.1) is 23.1 Å². The largest absolute Gasteiger partial charge is 0.334 e. The number of carbonyl (C=O) groups excluding carboxylic acids is 1. The van der Waals surface area contributed by atoms with Crippen LogP contribution in [0.2, 0.25) is 0 Å². The number of nitrogens with zero attached hydrogens (tertiary/aromatic N) is 3. The summed E-state index contributed by atoms with van der Waals surface area (Å²) in [5.41, 5.74) is 2.77. The highest BCUT2D eigenvalue weighted by molar-refractivity contribution is 7.17. The van der Waals surface area contributed by atoms with Gasteiger partial charge >= 0.3 is 0 Å². The molecule has 0 atom stereocenters. The van der Waals surface area contributed by atoms with Crippen molar-refractivity contribution >= 4 is 38.4 Å². The predicted molar refractivity (Wildman–Crippen MR) is 112 cm³/mol. The van der Waals surface area contributed by atoms with Crippen LogP contribution in [-0.4, -0.2) is 32.8 Å². The van der Waals surface area contributed by atoms with E-state index in [2.05, 4.69) is 28.8 Å². The van der Waals surface area contributed by atoms with E-state index >= 15 is 0 Å². The Bertz CT molecular complexity index is 1240. The molecule has 0 bridgehead atoms. The number of aromatic amines is 1. The molecule has 1 N–H and O–H groups in total. The summed E-state index contributed by atoms with van der Waals surface area (Å²) in [7, 11) is 1.71. The Labute approximate surface area is 165 Å².